The van der Waals surface area contributed by atoms with Gasteiger partial charge in [0.25, 0.3) is 0 Å². The molecule has 1 saturated heterocycles. The first-order chi connectivity index (χ1) is 13.7. The third kappa shape index (κ3) is 4.11. The van der Waals surface area contributed by atoms with Crippen molar-refractivity contribution in [1.82, 2.24) is 25.1 Å². The molecule has 3 heterocycles. The van der Waals surface area contributed by atoms with E-state index in [9.17, 15) is 4.79 Å². The second-order valence-electron chi connectivity index (χ2n) is 6.85. The molecule has 28 heavy (non-hydrogen) atoms. The Balaban J connectivity index is 1.37. The molecule has 4 rings (SSSR count). The van der Waals surface area contributed by atoms with Gasteiger partial charge in [-0.2, -0.15) is 5.10 Å². The first kappa shape index (κ1) is 18.0. The van der Waals surface area contributed by atoms with Crippen LogP contribution in [0.4, 0.5) is 16.4 Å². The molecule has 2 amide bonds. The van der Waals surface area contributed by atoms with Gasteiger partial charge in [0.05, 0.1) is 11.9 Å². The second-order valence-corrected chi connectivity index (χ2v) is 6.85. The van der Waals surface area contributed by atoms with Crippen LogP contribution in [0.15, 0.2) is 55.0 Å². The van der Waals surface area contributed by atoms with E-state index in [-0.39, 0.29) is 12.1 Å². The minimum absolute atomic E-state index is 0.0533. The summed E-state index contributed by atoms with van der Waals surface area (Å²) in [4.78, 5) is 23.1. The molecular formula is C20H23N7O. The van der Waals surface area contributed by atoms with Crippen LogP contribution >= 0.6 is 0 Å². The third-order valence-electron chi connectivity index (χ3n) is 4.82. The Bertz CT molecular complexity index is 926. The summed E-state index contributed by atoms with van der Waals surface area (Å²) in [6.45, 7) is 1.63. The van der Waals surface area contributed by atoms with Gasteiger partial charge in [0.1, 0.15) is 11.6 Å². The number of carbonyl (C=O) groups excluding carboxylic acids is 1. The maximum absolute atomic E-state index is 12.5. The van der Waals surface area contributed by atoms with Crippen LogP contribution in [0.3, 0.4) is 0 Å². The normalized spacial score (nSPS) is 16.6. The Morgan fingerprint density at radius 1 is 1.21 bits per heavy atom. The fourth-order valence-electron chi connectivity index (χ4n) is 3.43. The number of nitrogens with zero attached hydrogens (tertiary/aromatic N) is 5. The average Bonchev–Trinajstić information content (AvgIpc) is 3.10. The minimum Gasteiger partial charge on any atom is -0.353 e. The van der Waals surface area contributed by atoms with Crippen LogP contribution in [0.1, 0.15) is 12.8 Å². The van der Waals surface area contributed by atoms with Gasteiger partial charge in [0.15, 0.2) is 0 Å². The van der Waals surface area contributed by atoms with Gasteiger partial charge in [0, 0.05) is 50.2 Å². The molecule has 1 aliphatic rings. The molecule has 1 aromatic carbocycles. The van der Waals surface area contributed by atoms with Crippen molar-refractivity contribution >= 4 is 17.7 Å². The van der Waals surface area contributed by atoms with E-state index in [0.717, 1.165) is 36.5 Å². The number of benzene rings is 1. The second kappa shape index (κ2) is 8.08. The number of rotatable bonds is 4. The van der Waals surface area contributed by atoms with Crippen molar-refractivity contribution in [2.75, 3.05) is 23.3 Å². The van der Waals surface area contributed by atoms with Crippen molar-refractivity contribution in [3.05, 3.63) is 55.0 Å². The molecule has 1 fully saturated rings. The molecule has 1 aliphatic heterocycles. The quantitative estimate of drug-likeness (QED) is 0.730. The summed E-state index contributed by atoms with van der Waals surface area (Å²) in [5.74, 6) is 1.49. The average molecular weight is 377 g/mol. The summed E-state index contributed by atoms with van der Waals surface area (Å²) in [5, 5.41) is 10.5. The highest BCUT2D eigenvalue weighted by atomic mass is 16.2. The van der Waals surface area contributed by atoms with Gasteiger partial charge < -0.3 is 10.2 Å². The number of aryl methyl sites for hydroxylation is 1. The lowest BCUT2D eigenvalue weighted by Crippen LogP contribution is -2.49. The van der Waals surface area contributed by atoms with Crippen LogP contribution in [-0.2, 0) is 7.05 Å². The zero-order valence-corrected chi connectivity index (χ0v) is 15.7. The zero-order valence-electron chi connectivity index (χ0n) is 15.7. The van der Waals surface area contributed by atoms with E-state index in [1.54, 1.807) is 23.3 Å². The maximum atomic E-state index is 12.5. The highest BCUT2D eigenvalue weighted by Crippen LogP contribution is 2.21. The number of hydrogen-bond acceptors (Lipinski definition) is 5. The van der Waals surface area contributed by atoms with Crippen molar-refractivity contribution in [2.24, 2.45) is 7.05 Å². The Kier molecular flexibility index (Phi) is 5.18. The molecule has 144 valence electrons. The predicted octanol–water partition coefficient (Wildman–Crippen LogP) is 2.67. The molecule has 0 unspecified atom stereocenters. The number of urea groups is 1. The lowest BCUT2D eigenvalue weighted by molar-refractivity contribution is 0.246. The number of aromatic nitrogens is 4. The van der Waals surface area contributed by atoms with E-state index in [0.29, 0.717) is 12.4 Å². The fourth-order valence-corrected chi connectivity index (χ4v) is 3.43. The van der Waals surface area contributed by atoms with Gasteiger partial charge in [0.2, 0.25) is 0 Å². The van der Waals surface area contributed by atoms with E-state index >= 15 is 0 Å². The number of carbonyl (C=O) groups is 1. The Morgan fingerprint density at radius 2 is 2.07 bits per heavy atom. The molecule has 8 nitrogen and oxygen atoms in total. The Hall–Kier alpha value is -3.42. The van der Waals surface area contributed by atoms with Crippen LogP contribution in [-0.4, -0.2) is 44.9 Å². The Morgan fingerprint density at radius 3 is 2.86 bits per heavy atom. The highest BCUT2D eigenvalue weighted by Gasteiger charge is 2.23. The largest absolute Gasteiger partial charge is 0.353 e. The molecule has 1 atom stereocenters. The summed E-state index contributed by atoms with van der Waals surface area (Å²) in [5.41, 5.74) is 1.84. The van der Waals surface area contributed by atoms with Gasteiger partial charge in [-0.05, 0) is 12.8 Å². The van der Waals surface area contributed by atoms with E-state index in [1.165, 1.54) is 0 Å². The summed E-state index contributed by atoms with van der Waals surface area (Å²) < 4.78 is 1.68. The summed E-state index contributed by atoms with van der Waals surface area (Å²) in [6.07, 6.45) is 7.03. The third-order valence-corrected chi connectivity index (χ3v) is 4.82. The fraction of sp³-hybridized carbons (Fsp3) is 0.300. The maximum Gasteiger partial charge on any atom is 0.320 e. The molecule has 0 aliphatic carbocycles. The van der Waals surface area contributed by atoms with Crippen LogP contribution in [0.25, 0.3) is 11.3 Å². The molecule has 2 N–H and O–H groups in total. The van der Waals surface area contributed by atoms with Crippen LogP contribution < -0.4 is 15.5 Å². The zero-order chi connectivity index (χ0) is 19.3. The van der Waals surface area contributed by atoms with Crippen molar-refractivity contribution in [3.63, 3.8) is 0 Å². The van der Waals surface area contributed by atoms with Gasteiger partial charge in [-0.3, -0.25) is 15.0 Å². The molecule has 0 radical (unpaired) electrons. The van der Waals surface area contributed by atoms with E-state index < -0.39 is 0 Å². The number of amides is 2. The predicted molar refractivity (Wildman–Crippen MR) is 108 cm³/mol. The van der Waals surface area contributed by atoms with Crippen LogP contribution in [0, 0.1) is 0 Å². The standard InChI is InChI=1S/C20H23N7O/c1-26-18(12-17(25-26)15-6-3-2-4-7-15)24-20(28)23-16-8-5-11-27(14-16)19-13-21-9-10-22-19/h2-4,6-7,9-10,12-13,16H,5,8,11,14H2,1H3,(H2,23,24,28)/t16-/m1/s1. The van der Waals surface area contributed by atoms with Gasteiger partial charge >= 0.3 is 6.03 Å². The SMILES string of the molecule is Cn1nc(-c2ccccc2)cc1NC(=O)N[C@@H]1CCCN(c2cnccn2)C1. The molecular weight excluding hydrogens is 354 g/mol. The summed E-state index contributed by atoms with van der Waals surface area (Å²) >= 11 is 0. The van der Waals surface area contributed by atoms with Gasteiger partial charge in [-0.15, -0.1) is 0 Å². The molecule has 0 spiro atoms. The van der Waals surface area contributed by atoms with Crippen molar-refractivity contribution in [1.29, 1.82) is 0 Å². The van der Waals surface area contributed by atoms with Gasteiger partial charge in [-0.1, -0.05) is 30.3 Å². The van der Waals surface area contributed by atoms with E-state index in [2.05, 4.69) is 30.6 Å². The van der Waals surface area contributed by atoms with Crippen LogP contribution in [0.2, 0.25) is 0 Å². The molecule has 0 saturated carbocycles. The van der Waals surface area contributed by atoms with Crippen molar-refractivity contribution in [2.45, 2.75) is 18.9 Å². The highest BCUT2D eigenvalue weighted by molar-refractivity contribution is 5.89. The molecule has 0 bridgehead atoms. The smallest absolute Gasteiger partial charge is 0.320 e. The summed E-state index contributed by atoms with van der Waals surface area (Å²) in [6, 6.07) is 11.6. The van der Waals surface area contributed by atoms with Crippen molar-refractivity contribution < 1.29 is 4.79 Å². The first-order valence-electron chi connectivity index (χ1n) is 9.37. The number of anilines is 2. The topological polar surface area (TPSA) is 88.0 Å². The first-order valence-corrected chi connectivity index (χ1v) is 9.37. The number of nitrogens with one attached hydrogen (secondary N) is 2. The lowest BCUT2D eigenvalue weighted by Gasteiger charge is -2.33. The Labute approximate surface area is 163 Å². The van der Waals surface area contributed by atoms with Crippen LogP contribution in [0.5, 0.6) is 0 Å². The molecule has 8 heteroatoms. The number of hydrogen-bond donors (Lipinski definition) is 2. The van der Waals surface area contributed by atoms with E-state index in [4.69, 9.17) is 0 Å². The summed E-state index contributed by atoms with van der Waals surface area (Å²) in [7, 11) is 1.82. The van der Waals surface area contributed by atoms with E-state index in [1.807, 2.05) is 43.4 Å². The molecule has 2 aromatic heterocycles. The van der Waals surface area contributed by atoms with Gasteiger partial charge in [-0.25, -0.2) is 9.78 Å². The monoisotopic (exact) mass is 377 g/mol. The number of piperidine rings is 1. The van der Waals surface area contributed by atoms with Crippen molar-refractivity contribution in [3.8, 4) is 11.3 Å². The molecule has 3 aromatic rings. The lowest BCUT2D eigenvalue weighted by atomic mass is 10.1. The minimum atomic E-state index is -0.228.